The lowest BCUT2D eigenvalue weighted by molar-refractivity contribution is 0.256. The maximum atomic E-state index is 14.1. The normalized spacial score (nSPS) is 11.4. The minimum absolute atomic E-state index is 0.0400. The molecule has 3 rings (SSSR count). The Labute approximate surface area is 156 Å². The Morgan fingerprint density at radius 1 is 1.30 bits per heavy atom. The van der Waals surface area contributed by atoms with Gasteiger partial charge in [0.25, 0.3) is 16.0 Å². The molecule has 0 atom stereocenters. The highest BCUT2D eigenvalue weighted by molar-refractivity contribution is 7.90. The van der Waals surface area contributed by atoms with E-state index in [0.29, 0.717) is 5.69 Å². The van der Waals surface area contributed by atoms with Gasteiger partial charge in [-0.05, 0) is 19.1 Å². The number of amides is 2. The quantitative estimate of drug-likeness (QED) is 0.604. The van der Waals surface area contributed by atoms with Gasteiger partial charge in [0.05, 0.1) is 12.8 Å². The number of methoxy groups -OCH3 is 1. The number of aryl methyl sites for hydroxylation is 1. The first-order valence-corrected chi connectivity index (χ1v) is 9.00. The Morgan fingerprint density at radius 3 is 2.74 bits per heavy atom. The fourth-order valence-electron chi connectivity index (χ4n) is 2.06. The molecule has 0 saturated carbocycles. The predicted molar refractivity (Wildman–Crippen MR) is 90.6 cm³/mol. The summed E-state index contributed by atoms with van der Waals surface area (Å²) in [5.41, 5.74) is 0.377. The van der Waals surface area contributed by atoms with Gasteiger partial charge in [-0.25, -0.2) is 14.5 Å². The van der Waals surface area contributed by atoms with E-state index >= 15 is 0 Å². The van der Waals surface area contributed by atoms with Gasteiger partial charge < -0.3 is 4.74 Å². The fourth-order valence-corrected chi connectivity index (χ4v) is 3.25. The standard InChI is InChI=1S/C13H11ClFN7O4S/c1-6-3-4-8-17-10(15)11(22(8)20-6)27(24,25)21-13(23)19-12-16-7(14)5-9(18-12)26-2/h3-5H,1-2H3,(H2,16,18,19,21,23). The van der Waals surface area contributed by atoms with E-state index in [-0.39, 0.29) is 22.6 Å². The summed E-state index contributed by atoms with van der Waals surface area (Å²) in [6, 6.07) is 2.95. The van der Waals surface area contributed by atoms with Crippen LogP contribution < -0.4 is 14.8 Å². The van der Waals surface area contributed by atoms with Crippen molar-refractivity contribution in [2.75, 3.05) is 12.4 Å². The van der Waals surface area contributed by atoms with Crippen LogP contribution in [0.25, 0.3) is 5.65 Å². The zero-order chi connectivity index (χ0) is 19.8. The monoisotopic (exact) mass is 415 g/mol. The molecule has 3 heterocycles. The lowest BCUT2D eigenvalue weighted by Gasteiger charge is -2.08. The molecule has 0 bridgehead atoms. The smallest absolute Gasteiger partial charge is 0.335 e. The summed E-state index contributed by atoms with van der Waals surface area (Å²) in [7, 11) is -3.34. The number of carbonyl (C=O) groups excluding carboxylic acids is 1. The van der Waals surface area contributed by atoms with Gasteiger partial charge in [-0.2, -0.15) is 32.4 Å². The molecule has 27 heavy (non-hydrogen) atoms. The van der Waals surface area contributed by atoms with E-state index in [9.17, 15) is 17.6 Å². The van der Waals surface area contributed by atoms with Crippen molar-refractivity contribution in [3.8, 4) is 5.88 Å². The molecule has 3 aromatic rings. The molecule has 0 aromatic carbocycles. The number of anilines is 1. The SMILES string of the molecule is COc1cc(Cl)nc(NC(=O)NS(=O)(=O)c2c(F)nc3ccc(C)nn23)n1. The summed E-state index contributed by atoms with van der Waals surface area (Å²) < 4.78 is 46.2. The van der Waals surface area contributed by atoms with Crippen molar-refractivity contribution in [1.82, 2.24) is 29.3 Å². The second kappa shape index (κ2) is 6.92. The third kappa shape index (κ3) is 3.88. The topological polar surface area (TPSA) is 140 Å². The third-order valence-electron chi connectivity index (χ3n) is 3.12. The van der Waals surface area contributed by atoms with Crippen molar-refractivity contribution in [3.05, 3.63) is 35.0 Å². The van der Waals surface area contributed by atoms with E-state index in [1.807, 2.05) is 0 Å². The van der Waals surface area contributed by atoms with Crippen molar-refractivity contribution in [2.45, 2.75) is 11.9 Å². The number of urea groups is 1. The number of sulfonamides is 1. The van der Waals surface area contributed by atoms with Crippen LogP contribution in [0.4, 0.5) is 15.1 Å². The number of fused-ring (bicyclic) bond motifs is 1. The lowest BCUT2D eigenvalue weighted by atomic mass is 10.4. The van der Waals surface area contributed by atoms with Crippen LogP contribution in [0, 0.1) is 12.9 Å². The van der Waals surface area contributed by atoms with Crippen molar-refractivity contribution in [1.29, 1.82) is 0 Å². The third-order valence-corrected chi connectivity index (χ3v) is 4.62. The first-order valence-electron chi connectivity index (χ1n) is 7.14. The average Bonchev–Trinajstić information content (AvgIpc) is 2.89. The van der Waals surface area contributed by atoms with E-state index in [0.717, 1.165) is 4.52 Å². The molecule has 3 aromatic heterocycles. The summed E-state index contributed by atoms with van der Waals surface area (Å²) >= 11 is 5.74. The van der Waals surface area contributed by atoms with Crippen LogP contribution in [-0.2, 0) is 10.0 Å². The number of hydrogen-bond acceptors (Lipinski definition) is 8. The van der Waals surface area contributed by atoms with Gasteiger partial charge in [0.2, 0.25) is 16.9 Å². The van der Waals surface area contributed by atoms with E-state index in [1.165, 1.54) is 25.3 Å². The number of aromatic nitrogens is 5. The molecule has 0 unspecified atom stereocenters. The molecule has 0 aliphatic heterocycles. The van der Waals surface area contributed by atoms with Gasteiger partial charge in [-0.1, -0.05) is 11.6 Å². The first kappa shape index (κ1) is 18.7. The zero-order valence-corrected chi connectivity index (χ0v) is 15.3. The summed E-state index contributed by atoms with van der Waals surface area (Å²) in [6.07, 6.45) is 0. The van der Waals surface area contributed by atoms with Gasteiger partial charge >= 0.3 is 6.03 Å². The average molecular weight is 416 g/mol. The minimum Gasteiger partial charge on any atom is -0.481 e. The molecule has 2 N–H and O–H groups in total. The number of nitrogens with one attached hydrogen (secondary N) is 2. The van der Waals surface area contributed by atoms with E-state index in [2.05, 4.69) is 25.4 Å². The Balaban J connectivity index is 1.89. The molecule has 14 heteroatoms. The molecule has 0 saturated heterocycles. The highest BCUT2D eigenvalue weighted by atomic mass is 35.5. The number of ether oxygens (including phenoxy) is 1. The lowest BCUT2D eigenvalue weighted by Crippen LogP contribution is -2.36. The van der Waals surface area contributed by atoms with Gasteiger partial charge in [0, 0.05) is 6.07 Å². The number of carbonyl (C=O) groups is 1. The number of imidazole rings is 1. The van der Waals surface area contributed by atoms with Gasteiger partial charge in [-0.3, -0.25) is 5.32 Å². The van der Waals surface area contributed by atoms with Crippen LogP contribution in [0.5, 0.6) is 5.88 Å². The van der Waals surface area contributed by atoms with Gasteiger partial charge in [0.1, 0.15) is 5.15 Å². The number of rotatable bonds is 4. The maximum Gasteiger partial charge on any atom is 0.335 e. The first-order chi connectivity index (χ1) is 12.7. The van der Waals surface area contributed by atoms with Crippen LogP contribution in [0.15, 0.2) is 23.2 Å². The summed E-state index contributed by atoms with van der Waals surface area (Å²) in [5.74, 6) is -1.59. The highest BCUT2D eigenvalue weighted by Crippen LogP contribution is 2.17. The molecule has 11 nitrogen and oxygen atoms in total. The Hall–Kier alpha value is -3.06. The van der Waals surface area contributed by atoms with Gasteiger partial charge in [-0.15, -0.1) is 0 Å². The Bertz CT molecular complexity index is 1150. The largest absolute Gasteiger partial charge is 0.481 e. The van der Waals surface area contributed by atoms with Crippen molar-refractivity contribution in [3.63, 3.8) is 0 Å². The number of hydrogen-bond donors (Lipinski definition) is 2. The second-order valence-corrected chi connectivity index (χ2v) is 7.05. The Morgan fingerprint density at radius 2 is 2.04 bits per heavy atom. The molecule has 0 aliphatic carbocycles. The summed E-state index contributed by atoms with van der Waals surface area (Å²) in [5, 5.41) is 4.99. The molecule has 2 amide bonds. The van der Waals surface area contributed by atoms with Crippen LogP contribution >= 0.6 is 11.6 Å². The molecule has 142 valence electrons. The predicted octanol–water partition coefficient (Wildman–Crippen LogP) is 1.14. The maximum absolute atomic E-state index is 14.1. The highest BCUT2D eigenvalue weighted by Gasteiger charge is 2.29. The van der Waals surface area contributed by atoms with E-state index in [1.54, 1.807) is 11.6 Å². The number of halogens is 2. The van der Waals surface area contributed by atoms with Gasteiger partial charge in [0.15, 0.2) is 5.65 Å². The molecular weight excluding hydrogens is 405 g/mol. The fraction of sp³-hybridized carbons (Fsp3) is 0.154. The summed E-state index contributed by atoms with van der Waals surface area (Å²) in [4.78, 5) is 23.0. The van der Waals surface area contributed by atoms with Crippen LogP contribution in [0.2, 0.25) is 5.15 Å². The minimum atomic E-state index is -4.65. The Kier molecular flexibility index (Phi) is 4.80. The van der Waals surface area contributed by atoms with Crippen molar-refractivity contribution >= 4 is 39.3 Å². The summed E-state index contributed by atoms with van der Waals surface area (Å²) in [6.45, 7) is 1.58. The van der Waals surface area contributed by atoms with Crippen LogP contribution in [0.3, 0.4) is 0 Å². The van der Waals surface area contributed by atoms with Crippen LogP contribution in [0.1, 0.15) is 5.69 Å². The molecule has 0 radical (unpaired) electrons. The van der Waals surface area contributed by atoms with E-state index in [4.69, 9.17) is 16.3 Å². The molecule has 0 aliphatic rings. The molecule has 0 fully saturated rings. The van der Waals surface area contributed by atoms with Crippen LogP contribution in [-0.4, -0.2) is 46.1 Å². The molecule has 0 spiro atoms. The number of nitrogens with zero attached hydrogens (tertiary/aromatic N) is 5. The molecular formula is C13H11ClFN7O4S. The van der Waals surface area contributed by atoms with Crippen molar-refractivity contribution < 1.29 is 22.3 Å². The second-order valence-electron chi connectivity index (χ2n) is 5.07. The zero-order valence-electron chi connectivity index (χ0n) is 13.8. The van der Waals surface area contributed by atoms with E-state index < -0.39 is 27.0 Å². The van der Waals surface area contributed by atoms with Crippen molar-refractivity contribution in [2.24, 2.45) is 0 Å².